The van der Waals surface area contributed by atoms with Crippen molar-refractivity contribution in [2.24, 2.45) is 0 Å². The number of para-hydroxylation sites is 3. The predicted molar refractivity (Wildman–Crippen MR) is 126 cm³/mol. The first-order valence-electron chi connectivity index (χ1n) is 9.41. The molecular weight excluding hydrogens is 452 g/mol. The van der Waals surface area contributed by atoms with Gasteiger partial charge in [-0.25, -0.2) is 8.42 Å². The zero-order valence-corrected chi connectivity index (χ0v) is 18.9. The van der Waals surface area contributed by atoms with Gasteiger partial charge in [-0.1, -0.05) is 41.9 Å². The zero-order chi connectivity index (χ0) is 23.1. The SMILES string of the molecule is COc1ccccc1C=CC(=O)Nc1ccc(Cl)c(S(=O)(=O)Nc2ccccc2OC)c1. The van der Waals surface area contributed by atoms with Gasteiger partial charge >= 0.3 is 0 Å². The Labute approximate surface area is 191 Å². The molecule has 9 heteroatoms. The molecule has 166 valence electrons. The molecule has 3 rings (SSSR count). The third kappa shape index (κ3) is 5.60. The molecule has 0 bridgehead atoms. The minimum absolute atomic E-state index is 0.00922. The molecule has 0 aliphatic rings. The number of hydrogen-bond donors (Lipinski definition) is 2. The van der Waals surface area contributed by atoms with Crippen molar-refractivity contribution < 1.29 is 22.7 Å². The molecule has 0 unspecified atom stereocenters. The fraction of sp³-hybridized carbons (Fsp3) is 0.0870. The van der Waals surface area contributed by atoms with Crippen molar-refractivity contribution in [1.82, 2.24) is 0 Å². The molecule has 3 aromatic rings. The summed E-state index contributed by atoms with van der Waals surface area (Å²) in [5.74, 6) is 0.538. The third-order valence-electron chi connectivity index (χ3n) is 4.39. The highest BCUT2D eigenvalue weighted by Gasteiger charge is 2.20. The summed E-state index contributed by atoms with van der Waals surface area (Å²) in [7, 11) is -1.06. The number of halogens is 1. The average molecular weight is 473 g/mol. The first kappa shape index (κ1) is 23.2. The average Bonchev–Trinajstić information content (AvgIpc) is 2.79. The molecule has 0 saturated carbocycles. The van der Waals surface area contributed by atoms with Crippen molar-refractivity contribution in [1.29, 1.82) is 0 Å². The Kier molecular flexibility index (Phi) is 7.40. The van der Waals surface area contributed by atoms with E-state index in [1.807, 2.05) is 12.1 Å². The standard InChI is InChI=1S/C23H21ClN2O5S/c1-30-20-9-5-3-7-16(20)11-14-23(27)25-17-12-13-18(24)22(15-17)32(28,29)26-19-8-4-6-10-21(19)31-2/h3-15,26H,1-2H3,(H,25,27). The lowest BCUT2D eigenvalue weighted by Crippen LogP contribution is -2.15. The second-order valence-electron chi connectivity index (χ2n) is 6.52. The maximum atomic E-state index is 12.9. The largest absolute Gasteiger partial charge is 0.496 e. The van der Waals surface area contributed by atoms with E-state index in [1.165, 1.54) is 31.4 Å². The minimum atomic E-state index is -4.05. The molecular formula is C23H21ClN2O5S. The molecule has 0 spiro atoms. The highest BCUT2D eigenvalue weighted by molar-refractivity contribution is 7.92. The summed E-state index contributed by atoms with van der Waals surface area (Å²) in [6.45, 7) is 0. The molecule has 0 radical (unpaired) electrons. The van der Waals surface area contributed by atoms with Gasteiger partial charge in [-0.2, -0.15) is 0 Å². The summed E-state index contributed by atoms with van der Waals surface area (Å²) in [6.07, 6.45) is 2.93. The Balaban J connectivity index is 1.80. The number of hydrogen-bond acceptors (Lipinski definition) is 5. The number of nitrogens with one attached hydrogen (secondary N) is 2. The Hall–Kier alpha value is -3.49. The number of ether oxygens (including phenoxy) is 2. The number of rotatable bonds is 8. The molecule has 3 aromatic carbocycles. The number of carbonyl (C=O) groups is 1. The van der Waals surface area contributed by atoms with Crippen molar-refractivity contribution in [2.75, 3.05) is 24.3 Å². The van der Waals surface area contributed by atoms with Crippen LogP contribution in [0, 0.1) is 0 Å². The summed E-state index contributed by atoms with van der Waals surface area (Å²) in [6, 6.07) is 18.0. The van der Waals surface area contributed by atoms with E-state index in [0.717, 1.165) is 5.56 Å². The van der Waals surface area contributed by atoms with Gasteiger partial charge in [0.1, 0.15) is 16.4 Å². The van der Waals surface area contributed by atoms with Crippen LogP contribution in [0.4, 0.5) is 11.4 Å². The normalized spacial score (nSPS) is 11.2. The summed E-state index contributed by atoms with van der Waals surface area (Å²) in [5.41, 5.74) is 1.26. The molecule has 0 aromatic heterocycles. The fourth-order valence-electron chi connectivity index (χ4n) is 2.87. The van der Waals surface area contributed by atoms with Crippen LogP contribution in [0.15, 0.2) is 77.7 Å². The molecule has 32 heavy (non-hydrogen) atoms. The van der Waals surface area contributed by atoms with Crippen molar-refractivity contribution in [3.8, 4) is 11.5 Å². The second kappa shape index (κ2) is 10.2. The van der Waals surface area contributed by atoms with Crippen LogP contribution in [0.1, 0.15) is 5.56 Å². The van der Waals surface area contributed by atoms with Gasteiger partial charge in [0, 0.05) is 17.3 Å². The summed E-state index contributed by atoms with van der Waals surface area (Å²) in [4.78, 5) is 12.2. The molecule has 0 heterocycles. The van der Waals surface area contributed by atoms with Crippen LogP contribution in [0.3, 0.4) is 0 Å². The maximum absolute atomic E-state index is 12.9. The van der Waals surface area contributed by atoms with Crippen LogP contribution in [0.2, 0.25) is 5.02 Å². The summed E-state index contributed by atoms with van der Waals surface area (Å²) >= 11 is 6.14. The van der Waals surface area contributed by atoms with Gasteiger partial charge < -0.3 is 14.8 Å². The molecule has 0 saturated heterocycles. The molecule has 1 amide bonds. The number of benzene rings is 3. The van der Waals surface area contributed by atoms with E-state index < -0.39 is 15.9 Å². The smallest absolute Gasteiger partial charge is 0.263 e. The minimum Gasteiger partial charge on any atom is -0.496 e. The third-order valence-corrected chi connectivity index (χ3v) is 6.24. The van der Waals surface area contributed by atoms with E-state index in [4.69, 9.17) is 21.1 Å². The van der Waals surface area contributed by atoms with Crippen molar-refractivity contribution in [2.45, 2.75) is 4.90 Å². The van der Waals surface area contributed by atoms with Gasteiger partial charge in [0.05, 0.1) is 24.9 Å². The van der Waals surface area contributed by atoms with Crippen LogP contribution in [-0.4, -0.2) is 28.5 Å². The first-order chi connectivity index (χ1) is 15.3. The lowest BCUT2D eigenvalue weighted by Gasteiger charge is -2.13. The van der Waals surface area contributed by atoms with Gasteiger partial charge in [-0.15, -0.1) is 0 Å². The van der Waals surface area contributed by atoms with Crippen LogP contribution in [0.5, 0.6) is 11.5 Å². The number of methoxy groups -OCH3 is 2. The Morgan fingerprint density at radius 1 is 0.938 bits per heavy atom. The van der Waals surface area contributed by atoms with E-state index in [2.05, 4.69) is 10.0 Å². The fourth-order valence-corrected chi connectivity index (χ4v) is 4.47. The molecule has 7 nitrogen and oxygen atoms in total. The van der Waals surface area contributed by atoms with Gasteiger partial charge in [-0.05, 0) is 42.5 Å². The van der Waals surface area contributed by atoms with E-state index in [-0.39, 0.29) is 21.3 Å². The summed E-state index contributed by atoms with van der Waals surface area (Å²) in [5, 5.41) is 2.64. The molecule has 2 N–H and O–H groups in total. The number of carbonyl (C=O) groups excluding carboxylic acids is 1. The summed E-state index contributed by atoms with van der Waals surface area (Å²) < 4.78 is 38.7. The van der Waals surface area contributed by atoms with Crippen LogP contribution >= 0.6 is 11.6 Å². The molecule has 0 aliphatic heterocycles. The van der Waals surface area contributed by atoms with E-state index >= 15 is 0 Å². The Bertz CT molecular complexity index is 1260. The van der Waals surface area contributed by atoms with E-state index in [9.17, 15) is 13.2 Å². The van der Waals surface area contributed by atoms with Gasteiger partial charge in [-0.3, -0.25) is 9.52 Å². The van der Waals surface area contributed by atoms with Gasteiger partial charge in [0.2, 0.25) is 5.91 Å². The van der Waals surface area contributed by atoms with Crippen LogP contribution < -0.4 is 19.5 Å². The molecule has 0 atom stereocenters. The van der Waals surface area contributed by atoms with E-state index in [1.54, 1.807) is 49.6 Å². The maximum Gasteiger partial charge on any atom is 0.263 e. The van der Waals surface area contributed by atoms with Crippen molar-refractivity contribution >= 4 is 45.0 Å². The molecule has 0 aliphatic carbocycles. The highest BCUT2D eigenvalue weighted by Crippen LogP contribution is 2.30. The quantitative estimate of drug-likeness (QED) is 0.459. The monoisotopic (exact) mass is 472 g/mol. The molecule has 0 fully saturated rings. The topological polar surface area (TPSA) is 93.7 Å². The van der Waals surface area contributed by atoms with E-state index in [0.29, 0.717) is 11.5 Å². The number of anilines is 2. The highest BCUT2D eigenvalue weighted by atomic mass is 35.5. The lowest BCUT2D eigenvalue weighted by atomic mass is 10.2. The van der Waals surface area contributed by atoms with Crippen molar-refractivity contribution in [3.63, 3.8) is 0 Å². The lowest BCUT2D eigenvalue weighted by molar-refractivity contribution is -0.111. The first-order valence-corrected chi connectivity index (χ1v) is 11.3. The number of amides is 1. The van der Waals surface area contributed by atoms with Crippen LogP contribution in [0.25, 0.3) is 6.08 Å². The van der Waals surface area contributed by atoms with Crippen molar-refractivity contribution in [3.05, 3.63) is 83.4 Å². The van der Waals surface area contributed by atoms with Crippen LogP contribution in [-0.2, 0) is 14.8 Å². The zero-order valence-electron chi connectivity index (χ0n) is 17.3. The number of sulfonamides is 1. The second-order valence-corrected chi connectivity index (χ2v) is 8.57. The van der Waals surface area contributed by atoms with Gasteiger partial charge in [0.25, 0.3) is 10.0 Å². The Morgan fingerprint density at radius 2 is 1.59 bits per heavy atom. The van der Waals surface area contributed by atoms with Gasteiger partial charge in [0.15, 0.2) is 0 Å². The predicted octanol–water partition coefficient (Wildman–Crippen LogP) is 4.81. The Morgan fingerprint density at radius 3 is 2.31 bits per heavy atom.